The van der Waals surface area contributed by atoms with E-state index < -0.39 is 15.9 Å². The molecule has 0 radical (unpaired) electrons. The van der Waals surface area contributed by atoms with Gasteiger partial charge in [0.1, 0.15) is 11.3 Å². The van der Waals surface area contributed by atoms with Gasteiger partial charge in [-0.05, 0) is 49.2 Å². The molecule has 0 saturated heterocycles. The Hall–Kier alpha value is -2.93. The maximum Gasteiger partial charge on any atom is 0.279 e. The van der Waals surface area contributed by atoms with Crippen molar-refractivity contribution in [2.75, 3.05) is 20.2 Å². The van der Waals surface area contributed by atoms with Crippen molar-refractivity contribution in [1.29, 1.82) is 0 Å². The number of hydrogen-bond donors (Lipinski definition) is 0. The van der Waals surface area contributed by atoms with Gasteiger partial charge in [0.15, 0.2) is 4.80 Å². The molecule has 9 heteroatoms. The van der Waals surface area contributed by atoms with E-state index in [0.29, 0.717) is 29.2 Å². The van der Waals surface area contributed by atoms with E-state index in [0.717, 1.165) is 35.9 Å². The van der Waals surface area contributed by atoms with Gasteiger partial charge in [-0.1, -0.05) is 50.0 Å². The number of amides is 1. The Morgan fingerprint density at radius 2 is 1.77 bits per heavy atom. The number of fused-ring (bicyclic) bond motifs is 1. The fourth-order valence-corrected chi connectivity index (χ4v) is 6.24. The Morgan fingerprint density at radius 1 is 1.11 bits per heavy atom. The predicted octanol–water partition coefficient (Wildman–Crippen LogP) is 4.68. The second-order valence-electron chi connectivity index (χ2n) is 8.03. The highest BCUT2D eigenvalue weighted by Gasteiger charge is 2.24. The van der Waals surface area contributed by atoms with Crippen LogP contribution in [-0.4, -0.2) is 43.4 Å². The van der Waals surface area contributed by atoms with Crippen LogP contribution in [0.25, 0.3) is 10.2 Å². The highest BCUT2D eigenvalue weighted by molar-refractivity contribution is 7.89. The second-order valence-corrected chi connectivity index (χ2v) is 11.0. The van der Waals surface area contributed by atoms with Crippen molar-refractivity contribution >= 4 is 37.5 Å². The van der Waals surface area contributed by atoms with Gasteiger partial charge in [-0.15, -0.1) is 6.42 Å². The lowest BCUT2D eigenvalue weighted by molar-refractivity contribution is 0.0997. The summed E-state index contributed by atoms with van der Waals surface area (Å²) in [5.41, 5.74) is 1.08. The number of benzene rings is 2. The minimum Gasteiger partial charge on any atom is -0.495 e. The van der Waals surface area contributed by atoms with E-state index in [1.165, 1.54) is 39.9 Å². The van der Waals surface area contributed by atoms with Gasteiger partial charge in [-0.3, -0.25) is 4.79 Å². The zero-order valence-corrected chi connectivity index (χ0v) is 22.0. The number of thiazole rings is 1. The Labute approximate surface area is 211 Å². The number of sulfonamides is 1. The number of rotatable bonds is 11. The highest BCUT2D eigenvalue weighted by atomic mass is 32.2. The van der Waals surface area contributed by atoms with Crippen LogP contribution in [0.5, 0.6) is 5.75 Å². The third-order valence-electron chi connectivity index (χ3n) is 5.59. The van der Waals surface area contributed by atoms with Crippen molar-refractivity contribution in [3.05, 3.63) is 52.8 Å². The monoisotopic (exact) mass is 513 g/mol. The van der Waals surface area contributed by atoms with Crippen molar-refractivity contribution in [2.24, 2.45) is 4.99 Å². The molecule has 0 aliphatic heterocycles. The molecule has 0 fully saturated rings. The highest BCUT2D eigenvalue weighted by Crippen LogP contribution is 2.27. The number of aromatic nitrogens is 1. The van der Waals surface area contributed by atoms with E-state index in [1.54, 1.807) is 11.7 Å². The normalized spacial score (nSPS) is 12.3. The van der Waals surface area contributed by atoms with Crippen molar-refractivity contribution < 1.29 is 17.9 Å². The van der Waals surface area contributed by atoms with E-state index in [9.17, 15) is 13.2 Å². The van der Waals surface area contributed by atoms with Crippen molar-refractivity contribution in [3.63, 3.8) is 0 Å². The fraction of sp³-hybridized carbons (Fsp3) is 0.385. The Bertz CT molecular complexity index is 1370. The van der Waals surface area contributed by atoms with Gasteiger partial charge in [0.2, 0.25) is 10.0 Å². The first-order chi connectivity index (χ1) is 16.9. The number of carbonyl (C=O) groups is 1. The van der Waals surface area contributed by atoms with Crippen molar-refractivity contribution in [1.82, 2.24) is 8.87 Å². The largest absolute Gasteiger partial charge is 0.495 e. The summed E-state index contributed by atoms with van der Waals surface area (Å²) in [6.45, 7) is 5.27. The minimum atomic E-state index is -3.63. The standard InChI is InChI=1S/C26H31N3O4S2/c1-5-8-18-28(19-9-6-2)35(31,32)21-15-13-20(14-16-21)25(30)27-26-29(17-7-3)24-22(33-4)11-10-12-23(24)34-26/h3,10-16H,5-6,8-9,17-19H2,1-2,4H3. The first kappa shape index (κ1) is 26.7. The number of nitrogens with zero attached hydrogens (tertiary/aromatic N) is 3. The Balaban J connectivity index is 1.94. The maximum atomic E-state index is 13.2. The van der Waals surface area contributed by atoms with Gasteiger partial charge in [0.25, 0.3) is 5.91 Å². The van der Waals surface area contributed by atoms with Crippen molar-refractivity contribution in [2.45, 2.75) is 51.0 Å². The lowest BCUT2D eigenvalue weighted by Gasteiger charge is -2.22. The average molecular weight is 514 g/mol. The zero-order valence-electron chi connectivity index (χ0n) is 20.4. The molecule has 3 aromatic rings. The van der Waals surface area contributed by atoms with E-state index in [4.69, 9.17) is 11.2 Å². The molecule has 186 valence electrons. The first-order valence-electron chi connectivity index (χ1n) is 11.7. The van der Waals surface area contributed by atoms with E-state index in [1.807, 2.05) is 32.0 Å². The number of methoxy groups -OCH3 is 1. The SMILES string of the molecule is C#CCn1c(=NC(=O)c2ccc(S(=O)(=O)N(CCCC)CCCC)cc2)sc2cccc(OC)c21. The molecule has 1 aromatic heterocycles. The summed E-state index contributed by atoms with van der Waals surface area (Å²) in [4.78, 5) is 17.9. The van der Waals surface area contributed by atoms with Gasteiger partial charge >= 0.3 is 0 Å². The molecule has 7 nitrogen and oxygen atoms in total. The van der Waals surface area contributed by atoms with Crippen LogP contribution in [0.3, 0.4) is 0 Å². The van der Waals surface area contributed by atoms with Gasteiger partial charge in [0, 0.05) is 18.7 Å². The summed E-state index contributed by atoms with van der Waals surface area (Å²) in [7, 11) is -2.05. The van der Waals surface area contributed by atoms with Gasteiger partial charge in [-0.25, -0.2) is 8.42 Å². The molecule has 3 rings (SSSR count). The summed E-state index contributed by atoms with van der Waals surface area (Å²) in [5.74, 6) is 2.78. The van der Waals surface area contributed by atoms with Crippen LogP contribution in [0.2, 0.25) is 0 Å². The number of unbranched alkanes of at least 4 members (excludes halogenated alkanes) is 2. The van der Waals surface area contributed by atoms with Gasteiger partial charge in [-0.2, -0.15) is 9.30 Å². The van der Waals surface area contributed by atoms with Gasteiger partial charge < -0.3 is 9.30 Å². The lowest BCUT2D eigenvalue weighted by Crippen LogP contribution is -2.33. The van der Waals surface area contributed by atoms with Gasteiger partial charge in [0.05, 0.1) is 23.2 Å². The molecule has 0 unspecified atom stereocenters. The van der Waals surface area contributed by atoms with Crippen LogP contribution in [-0.2, 0) is 16.6 Å². The molecule has 0 saturated carbocycles. The molecule has 0 aliphatic carbocycles. The topological polar surface area (TPSA) is 81.0 Å². The summed E-state index contributed by atoms with van der Waals surface area (Å²) in [6, 6.07) is 11.6. The predicted molar refractivity (Wildman–Crippen MR) is 140 cm³/mol. The molecular weight excluding hydrogens is 482 g/mol. The summed E-state index contributed by atoms with van der Waals surface area (Å²) >= 11 is 1.34. The maximum absolute atomic E-state index is 13.2. The molecule has 35 heavy (non-hydrogen) atoms. The Morgan fingerprint density at radius 3 is 2.34 bits per heavy atom. The Kier molecular flexibility index (Phi) is 9.26. The fourth-order valence-electron chi connectivity index (χ4n) is 3.68. The molecule has 1 heterocycles. The van der Waals surface area contributed by atoms with Crippen LogP contribution in [0.15, 0.2) is 52.4 Å². The molecular formula is C26H31N3O4S2. The number of ether oxygens (including phenoxy) is 1. The van der Waals surface area contributed by atoms with Crippen LogP contribution >= 0.6 is 11.3 Å². The second kappa shape index (κ2) is 12.2. The molecule has 0 atom stereocenters. The van der Waals surface area contributed by atoms with E-state index in [2.05, 4.69) is 10.9 Å². The number of terminal acetylenes is 1. The third kappa shape index (κ3) is 6.01. The van der Waals surface area contributed by atoms with Crippen molar-refractivity contribution in [3.8, 4) is 18.1 Å². The van der Waals surface area contributed by atoms with Crippen LogP contribution in [0.4, 0.5) is 0 Å². The molecule has 2 aromatic carbocycles. The van der Waals surface area contributed by atoms with E-state index in [-0.39, 0.29) is 11.4 Å². The zero-order chi connectivity index (χ0) is 25.4. The van der Waals surface area contributed by atoms with Crippen LogP contribution < -0.4 is 9.54 Å². The molecule has 1 amide bonds. The smallest absolute Gasteiger partial charge is 0.279 e. The number of hydrogen-bond acceptors (Lipinski definition) is 5. The minimum absolute atomic E-state index is 0.176. The van der Waals surface area contributed by atoms with Crippen LogP contribution in [0.1, 0.15) is 49.9 Å². The number of carbonyl (C=O) groups excluding carboxylic acids is 1. The molecule has 0 spiro atoms. The molecule has 0 N–H and O–H groups in total. The molecule has 0 aliphatic rings. The third-order valence-corrected chi connectivity index (χ3v) is 8.55. The summed E-state index contributed by atoms with van der Waals surface area (Å²) < 4.78 is 36.0. The summed E-state index contributed by atoms with van der Waals surface area (Å²) in [6.07, 6.45) is 8.99. The quantitative estimate of drug-likeness (QED) is 0.349. The van der Waals surface area contributed by atoms with Crippen LogP contribution in [0, 0.1) is 12.3 Å². The number of para-hydroxylation sites is 1. The van der Waals surface area contributed by atoms with E-state index >= 15 is 0 Å². The lowest BCUT2D eigenvalue weighted by atomic mass is 10.2. The summed E-state index contributed by atoms with van der Waals surface area (Å²) in [5, 5.41) is 0. The molecule has 0 bridgehead atoms. The first-order valence-corrected chi connectivity index (χ1v) is 13.9. The average Bonchev–Trinajstić information content (AvgIpc) is 3.21.